The second-order valence-corrected chi connectivity index (χ2v) is 1.55. The molecule has 0 aliphatic heterocycles. The molecule has 0 aromatic carbocycles. The summed E-state index contributed by atoms with van der Waals surface area (Å²) in [5, 5.41) is 0. The Balaban J connectivity index is 6.17. The van der Waals surface area contributed by atoms with Gasteiger partial charge < -0.3 is 5.73 Å². The molecule has 2 N–H and O–H groups in total. The van der Waals surface area contributed by atoms with Crippen LogP contribution in [0.15, 0.2) is 0 Å². The first-order chi connectivity index (χ1) is 6.69. The maximum atomic E-state index is 7.12. The van der Waals surface area contributed by atoms with E-state index in [-0.39, 0.29) is 0 Å². The number of thiocarbonyl (C=S) groups is 1. The molecule has 0 amide bonds. The summed E-state index contributed by atoms with van der Waals surface area (Å²) >= 11 is 4.37. The third-order valence-corrected chi connectivity index (χ3v) is 0.676. The van der Waals surface area contributed by atoms with Crippen molar-refractivity contribution in [2.45, 2.75) is 20.6 Å². The van der Waals surface area contributed by atoms with Crippen LogP contribution in [0.1, 0.15) is 32.9 Å². The molecule has 0 saturated heterocycles. The minimum Gasteiger partial charge on any atom is -0.393 e. The van der Waals surface area contributed by atoms with Crippen LogP contribution >= 0.6 is 12.2 Å². The highest BCUT2D eigenvalue weighted by molar-refractivity contribution is 7.80. The van der Waals surface area contributed by atoms with E-state index in [9.17, 15) is 0 Å². The van der Waals surface area contributed by atoms with Gasteiger partial charge >= 0.3 is 0 Å². The fraction of sp³-hybridized carbons (Fsp3) is 0.800. The molecule has 0 aliphatic carbocycles. The van der Waals surface area contributed by atoms with Crippen LogP contribution < -0.4 is 5.73 Å². The van der Waals surface area contributed by atoms with Crippen LogP contribution in [0.3, 0.4) is 0 Å². The molecule has 0 rings (SSSR count). The van der Waals surface area contributed by atoms with Gasteiger partial charge in [-0.3, -0.25) is 0 Å². The zero-order chi connectivity index (χ0) is 13.6. The minimum absolute atomic E-state index is 1.05. The standard InChI is InChI=1S/C5H11NS/c1-5(2,3)4(6)7/h1-3H3,(H2,6,7)/i1D3,2D3,3D3. The normalized spacial score (nSPS) is 35.7. The number of rotatable bonds is 0. The van der Waals surface area contributed by atoms with Crippen molar-refractivity contribution in [3.05, 3.63) is 0 Å². The Kier molecular flexibility index (Phi) is 0.274. The molecule has 0 unspecified atom stereocenters. The fourth-order valence-corrected chi connectivity index (χ4v) is 0. The second kappa shape index (κ2) is 1.78. The fourth-order valence-electron chi connectivity index (χ4n) is 0. The molecule has 7 heavy (non-hydrogen) atoms. The average Bonchev–Trinajstić information content (AvgIpc) is 1.71. The van der Waals surface area contributed by atoms with Gasteiger partial charge in [-0.05, 0) is 0 Å². The lowest BCUT2D eigenvalue weighted by Gasteiger charge is -2.14. The lowest BCUT2D eigenvalue weighted by molar-refractivity contribution is 0.595. The number of hydrogen-bond acceptors (Lipinski definition) is 1. The molecular formula is C5H11NS. The Morgan fingerprint density at radius 2 is 2.14 bits per heavy atom. The van der Waals surface area contributed by atoms with Crippen LogP contribution in [0.4, 0.5) is 0 Å². The molecule has 0 heterocycles. The Morgan fingerprint density at radius 3 is 2.14 bits per heavy atom. The molecule has 0 bridgehead atoms. The zero-order valence-electron chi connectivity index (χ0n) is 12.5. The lowest BCUT2D eigenvalue weighted by atomic mass is 9.97. The molecule has 0 radical (unpaired) electrons. The first-order valence-electron chi connectivity index (χ1n) is 5.99. The van der Waals surface area contributed by atoms with Gasteiger partial charge in [-0.1, -0.05) is 32.8 Å². The largest absolute Gasteiger partial charge is 0.393 e. The first-order valence-corrected chi connectivity index (χ1v) is 1.90. The van der Waals surface area contributed by atoms with E-state index in [0.717, 1.165) is 0 Å². The van der Waals surface area contributed by atoms with Crippen LogP contribution in [-0.2, 0) is 0 Å². The second-order valence-electron chi connectivity index (χ2n) is 1.11. The summed E-state index contributed by atoms with van der Waals surface area (Å²) < 4.78 is 64.1. The summed E-state index contributed by atoms with van der Waals surface area (Å²) in [7, 11) is 0. The van der Waals surface area contributed by atoms with Gasteiger partial charge in [0.1, 0.15) is 0 Å². The van der Waals surface area contributed by atoms with Crippen molar-refractivity contribution in [3.8, 4) is 0 Å². The van der Waals surface area contributed by atoms with E-state index < -0.39 is 31.0 Å². The van der Waals surface area contributed by atoms with Crippen molar-refractivity contribution in [2.75, 3.05) is 0 Å². The van der Waals surface area contributed by atoms with Crippen molar-refractivity contribution < 1.29 is 12.3 Å². The SMILES string of the molecule is [2H]C([2H])([2H])C(C(N)=S)(C([2H])([2H])[2H])C([2H])([2H])[2H]. The third kappa shape index (κ3) is 2.57. The summed E-state index contributed by atoms with van der Waals surface area (Å²) in [4.78, 5) is -1.05. The molecule has 0 aromatic heterocycles. The summed E-state index contributed by atoms with van der Waals surface area (Å²) in [5.41, 5.74) is 1.90. The quantitative estimate of drug-likeness (QED) is 0.495. The third-order valence-electron chi connectivity index (χ3n) is 0.370. The smallest absolute Gasteiger partial charge is 0.0781 e. The lowest BCUT2D eigenvalue weighted by Crippen LogP contribution is -2.25. The molecule has 0 aliphatic rings. The van der Waals surface area contributed by atoms with E-state index in [1.54, 1.807) is 0 Å². The average molecular weight is 126 g/mol. The van der Waals surface area contributed by atoms with E-state index in [0.29, 0.717) is 0 Å². The van der Waals surface area contributed by atoms with Gasteiger partial charge in [-0.2, -0.15) is 0 Å². The summed E-state index contributed by atoms with van der Waals surface area (Å²) in [6.07, 6.45) is 0. The van der Waals surface area contributed by atoms with Crippen molar-refractivity contribution in [1.29, 1.82) is 0 Å². The molecular weight excluding hydrogens is 106 g/mol. The van der Waals surface area contributed by atoms with Gasteiger partial charge in [0.05, 0.1) is 4.99 Å². The monoisotopic (exact) mass is 126 g/mol. The van der Waals surface area contributed by atoms with E-state index in [2.05, 4.69) is 12.2 Å². The molecule has 0 aromatic rings. The van der Waals surface area contributed by atoms with Crippen molar-refractivity contribution in [1.82, 2.24) is 0 Å². The molecule has 2 heteroatoms. The Hall–Kier alpha value is -0.110. The highest BCUT2D eigenvalue weighted by Crippen LogP contribution is 2.11. The highest BCUT2D eigenvalue weighted by Gasteiger charge is 2.11. The van der Waals surface area contributed by atoms with Gasteiger partial charge in [0.2, 0.25) is 0 Å². The molecule has 0 fully saturated rings. The number of nitrogens with two attached hydrogens (primary N) is 1. The molecule has 0 atom stereocenters. The molecule has 1 nitrogen and oxygen atoms in total. The van der Waals surface area contributed by atoms with E-state index in [4.69, 9.17) is 18.1 Å². The maximum absolute atomic E-state index is 7.12. The Morgan fingerprint density at radius 1 is 1.71 bits per heavy atom. The predicted molar refractivity (Wildman–Crippen MR) is 36.2 cm³/mol. The topological polar surface area (TPSA) is 26.0 Å². The maximum Gasteiger partial charge on any atom is 0.0781 e. The van der Waals surface area contributed by atoms with Gasteiger partial charge in [0.25, 0.3) is 0 Å². The van der Waals surface area contributed by atoms with Crippen LogP contribution in [0.25, 0.3) is 0 Å². The molecule has 42 valence electrons. The first kappa shape index (κ1) is 1.08. The van der Waals surface area contributed by atoms with Gasteiger partial charge in [0.15, 0.2) is 0 Å². The molecule has 0 spiro atoms. The van der Waals surface area contributed by atoms with Crippen LogP contribution in [0, 0.1) is 5.41 Å². The summed E-state index contributed by atoms with van der Waals surface area (Å²) in [6.45, 7) is -10.0. The zero-order valence-corrected chi connectivity index (χ0v) is 4.30. The Labute approximate surface area is 62.5 Å². The number of hydrogen-bond donors (Lipinski definition) is 1. The minimum atomic E-state index is -3.34. The van der Waals surface area contributed by atoms with Crippen molar-refractivity contribution >= 4 is 17.2 Å². The van der Waals surface area contributed by atoms with Crippen molar-refractivity contribution in [3.63, 3.8) is 0 Å². The van der Waals surface area contributed by atoms with Crippen LogP contribution in [0.2, 0.25) is 0 Å². The predicted octanol–water partition coefficient (Wildman–Crippen LogP) is 1.32. The van der Waals surface area contributed by atoms with Crippen molar-refractivity contribution in [2.24, 2.45) is 11.1 Å². The van der Waals surface area contributed by atoms with Crippen LogP contribution in [-0.4, -0.2) is 4.99 Å². The Bertz CT molecular complexity index is 248. The van der Waals surface area contributed by atoms with E-state index in [1.807, 2.05) is 0 Å². The van der Waals surface area contributed by atoms with E-state index in [1.165, 1.54) is 0 Å². The van der Waals surface area contributed by atoms with E-state index >= 15 is 0 Å². The summed E-state index contributed by atoms with van der Waals surface area (Å²) in [5.74, 6) is 0. The summed E-state index contributed by atoms with van der Waals surface area (Å²) in [6, 6.07) is 0. The van der Waals surface area contributed by atoms with Gasteiger partial charge in [-0.25, -0.2) is 0 Å². The van der Waals surface area contributed by atoms with Gasteiger partial charge in [-0.15, -0.1) is 0 Å². The highest BCUT2D eigenvalue weighted by atomic mass is 32.1. The van der Waals surface area contributed by atoms with Gasteiger partial charge in [0, 0.05) is 17.8 Å². The van der Waals surface area contributed by atoms with Crippen LogP contribution in [0.5, 0.6) is 0 Å². The molecule has 0 saturated carbocycles.